The second-order valence-corrected chi connectivity index (χ2v) is 8.72. The summed E-state index contributed by atoms with van der Waals surface area (Å²) in [5.74, 6) is -0.234. The molecule has 188 valence electrons. The third-order valence-electron chi connectivity index (χ3n) is 6.09. The van der Waals surface area contributed by atoms with Gasteiger partial charge in [-0.05, 0) is 65.9 Å². The Balaban J connectivity index is 1.41. The molecule has 0 saturated carbocycles. The molecule has 0 bridgehead atoms. The number of nitrogens with zero attached hydrogens (tertiary/aromatic N) is 1. The van der Waals surface area contributed by atoms with Crippen LogP contribution in [0.3, 0.4) is 0 Å². The molecule has 4 rings (SSSR count). The number of pyridine rings is 1. The number of anilines is 2. The van der Waals surface area contributed by atoms with Crippen LogP contribution in [0.2, 0.25) is 0 Å². The summed E-state index contributed by atoms with van der Waals surface area (Å²) < 4.78 is 6.35. The molecule has 2 N–H and O–H groups in total. The normalized spacial score (nSPS) is 10.5. The van der Waals surface area contributed by atoms with Crippen molar-refractivity contribution in [2.75, 3.05) is 17.7 Å². The van der Waals surface area contributed by atoms with E-state index >= 15 is 0 Å². The monoisotopic (exact) mass is 495 g/mol. The van der Waals surface area contributed by atoms with Crippen LogP contribution in [-0.2, 0) is 22.5 Å². The molecule has 0 radical (unpaired) electrons. The van der Waals surface area contributed by atoms with Crippen molar-refractivity contribution in [1.29, 1.82) is 0 Å². The lowest BCUT2D eigenvalue weighted by Gasteiger charge is -2.11. The lowest BCUT2D eigenvalue weighted by atomic mass is 10.1. The summed E-state index contributed by atoms with van der Waals surface area (Å²) in [5.41, 5.74) is 5.61. The number of carbonyl (C=O) groups is 2. The summed E-state index contributed by atoms with van der Waals surface area (Å²) in [7, 11) is 1.38. The Morgan fingerprint density at radius 3 is 2.24 bits per heavy atom. The molecular weight excluding hydrogens is 466 g/mol. The zero-order chi connectivity index (χ0) is 26.2. The van der Waals surface area contributed by atoms with Gasteiger partial charge in [-0.3, -0.25) is 9.59 Å². The van der Waals surface area contributed by atoms with Crippen LogP contribution < -0.4 is 16.2 Å². The summed E-state index contributed by atoms with van der Waals surface area (Å²) in [6, 6.07) is 25.9. The highest BCUT2D eigenvalue weighted by molar-refractivity contribution is 6.00. The fraction of sp³-hybridized carbons (Fsp3) is 0.167. The molecular formula is C30H29N3O4. The summed E-state index contributed by atoms with van der Waals surface area (Å²) in [6.07, 6.45) is 2.71. The molecule has 4 aromatic rings. The average Bonchev–Trinajstić information content (AvgIpc) is 2.91. The zero-order valence-electron chi connectivity index (χ0n) is 20.9. The molecule has 7 nitrogen and oxygen atoms in total. The van der Waals surface area contributed by atoms with E-state index in [1.54, 1.807) is 29.0 Å². The maximum Gasteiger partial charge on any atom is 0.323 e. The molecule has 0 aliphatic carbocycles. The molecule has 1 heterocycles. The number of amides is 2. The van der Waals surface area contributed by atoms with Crippen LogP contribution in [-0.4, -0.2) is 23.7 Å². The van der Waals surface area contributed by atoms with E-state index in [0.717, 1.165) is 27.9 Å². The minimum atomic E-state index is -0.333. The Morgan fingerprint density at radius 1 is 0.838 bits per heavy atom. The molecule has 0 fully saturated rings. The van der Waals surface area contributed by atoms with Gasteiger partial charge in [-0.2, -0.15) is 0 Å². The third-order valence-corrected chi connectivity index (χ3v) is 6.09. The van der Waals surface area contributed by atoms with Crippen molar-refractivity contribution in [2.45, 2.75) is 26.3 Å². The summed E-state index contributed by atoms with van der Waals surface area (Å²) in [6.45, 7) is 2.36. The average molecular weight is 496 g/mol. The van der Waals surface area contributed by atoms with Crippen molar-refractivity contribution in [3.8, 4) is 11.1 Å². The Labute approximate surface area is 215 Å². The van der Waals surface area contributed by atoms with Gasteiger partial charge in [-0.15, -0.1) is 0 Å². The maximum absolute atomic E-state index is 13.2. The van der Waals surface area contributed by atoms with E-state index in [-0.39, 0.29) is 17.6 Å². The van der Waals surface area contributed by atoms with Gasteiger partial charge in [-0.1, -0.05) is 54.6 Å². The van der Waals surface area contributed by atoms with Crippen molar-refractivity contribution >= 4 is 23.4 Å². The standard InChI is InChI=1S/C30H29N3O4/c1-21-6-3-4-8-27(21)32-30(36)31-25-16-14-24(15-17-25)26-7-5-19-33(29(26)35)20-23-11-9-22(10-12-23)13-18-28(34)37-2/h3-12,14-17,19H,13,18,20H2,1-2H3,(H2,31,32,36). The van der Waals surface area contributed by atoms with Gasteiger partial charge in [0, 0.05) is 29.6 Å². The second kappa shape index (κ2) is 11.9. The number of rotatable bonds is 8. The number of methoxy groups -OCH3 is 1. The van der Waals surface area contributed by atoms with Gasteiger partial charge in [-0.25, -0.2) is 4.79 Å². The highest BCUT2D eigenvalue weighted by Crippen LogP contribution is 2.20. The number of para-hydroxylation sites is 1. The van der Waals surface area contributed by atoms with E-state index < -0.39 is 0 Å². The highest BCUT2D eigenvalue weighted by Gasteiger charge is 2.09. The fourth-order valence-electron chi connectivity index (χ4n) is 3.97. The lowest BCUT2D eigenvalue weighted by Crippen LogP contribution is -2.21. The predicted octanol–water partition coefficient (Wildman–Crippen LogP) is 5.62. The van der Waals surface area contributed by atoms with E-state index in [4.69, 9.17) is 0 Å². The van der Waals surface area contributed by atoms with E-state index in [1.807, 2.05) is 73.7 Å². The summed E-state index contributed by atoms with van der Waals surface area (Å²) in [4.78, 5) is 36.9. The van der Waals surface area contributed by atoms with Crippen molar-refractivity contribution in [3.05, 3.63) is 118 Å². The number of urea groups is 1. The van der Waals surface area contributed by atoms with Gasteiger partial charge in [0.25, 0.3) is 5.56 Å². The number of nitrogens with one attached hydrogen (secondary N) is 2. The van der Waals surface area contributed by atoms with Gasteiger partial charge in [0.2, 0.25) is 0 Å². The van der Waals surface area contributed by atoms with Gasteiger partial charge >= 0.3 is 12.0 Å². The molecule has 3 aromatic carbocycles. The van der Waals surface area contributed by atoms with Crippen molar-refractivity contribution < 1.29 is 14.3 Å². The lowest BCUT2D eigenvalue weighted by molar-refractivity contribution is -0.140. The number of ether oxygens (including phenoxy) is 1. The number of hydrogen-bond donors (Lipinski definition) is 2. The minimum absolute atomic E-state index is 0.102. The van der Waals surface area contributed by atoms with E-state index in [0.29, 0.717) is 30.6 Å². The summed E-state index contributed by atoms with van der Waals surface area (Å²) >= 11 is 0. The Hall–Kier alpha value is -4.65. The number of hydrogen-bond acceptors (Lipinski definition) is 4. The van der Waals surface area contributed by atoms with Gasteiger partial charge < -0.3 is 19.9 Å². The molecule has 7 heteroatoms. The Morgan fingerprint density at radius 2 is 1.54 bits per heavy atom. The molecule has 37 heavy (non-hydrogen) atoms. The van der Waals surface area contributed by atoms with Crippen LogP contribution in [0.4, 0.5) is 16.2 Å². The first kappa shape index (κ1) is 25.4. The van der Waals surface area contributed by atoms with Crippen LogP contribution in [0, 0.1) is 6.92 Å². The van der Waals surface area contributed by atoms with E-state index in [2.05, 4.69) is 15.4 Å². The molecule has 1 aromatic heterocycles. The minimum Gasteiger partial charge on any atom is -0.469 e. The first-order valence-corrected chi connectivity index (χ1v) is 12.0. The van der Waals surface area contributed by atoms with Gasteiger partial charge in [0.1, 0.15) is 0 Å². The number of carbonyl (C=O) groups excluding carboxylic acids is 2. The smallest absolute Gasteiger partial charge is 0.323 e. The van der Waals surface area contributed by atoms with Crippen LogP contribution in [0.25, 0.3) is 11.1 Å². The third kappa shape index (κ3) is 6.73. The second-order valence-electron chi connectivity index (χ2n) is 8.72. The Bertz CT molecular complexity index is 1440. The largest absolute Gasteiger partial charge is 0.469 e. The van der Waals surface area contributed by atoms with Gasteiger partial charge in [0.05, 0.1) is 13.7 Å². The first-order chi connectivity index (χ1) is 17.9. The van der Waals surface area contributed by atoms with E-state index in [9.17, 15) is 14.4 Å². The van der Waals surface area contributed by atoms with Crippen LogP contribution in [0.5, 0.6) is 0 Å². The van der Waals surface area contributed by atoms with Crippen LogP contribution in [0.15, 0.2) is 95.9 Å². The number of aryl methyl sites for hydroxylation is 2. The molecule has 0 saturated heterocycles. The highest BCUT2D eigenvalue weighted by atomic mass is 16.5. The fourth-order valence-corrected chi connectivity index (χ4v) is 3.97. The SMILES string of the molecule is COC(=O)CCc1ccc(Cn2cccc(-c3ccc(NC(=O)Nc4ccccc4C)cc3)c2=O)cc1. The van der Waals surface area contributed by atoms with Crippen molar-refractivity contribution in [3.63, 3.8) is 0 Å². The van der Waals surface area contributed by atoms with Crippen LogP contribution >= 0.6 is 0 Å². The zero-order valence-corrected chi connectivity index (χ0v) is 20.9. The van der Waals surface area contributed by atoms with Crippen LogP contribution in [0.1, 0.15) is 23.1 Å². The first-order valence-electron chi connectivity index (χ1n) is 12.0. The van der Waals surface area contributed by atoms with Crippen molar-refractivity contribution in [2.24, 2.45) is 0 Å². The Kier molecular flexibility index (Phi) is 8.15. The molecule has 0 aliphatic rings. The quantitative estimate of drug-likeness (QED) is 0.311. The number of aromatic nitrogens is 1. The topological polar surface area (TPSA) is 89.4 Å². The molecule has 0 atom stereocenters. The maximum atomic E-state index is 13.2. The number of benzene rings is 3. The van der Waals surface area contributed by atoms with Crippen molar-refractivity contribution in [1.82, 2.24) is 4.57 Å². The summed E-state index contributed by atoms with van der Waals surface area (Å²) in [5, 5.41) is 5.66. The molecule has 0 aliphatic heterocycles. The predicted molar refractivity (Wildman–Crippen MR) is 146 cm³/mol. The molecule has 0 spiro atoms. The van der Waals surface area contributed by atoms with E-state index in [1.165, 1.54) is 7.11 Å². The number of esters is 1. The van der Waals surface area contributed by atoms with Gasteiger partial charge in [0.15, 0.2) is 0 Å². The molecule has 2 amide bonds. The molecule has 0 unspecified atom stereocenters.